The van der Waals surface area contributed by atoms with Gasteiger partial charge in [-0.25, -0.2) is 4.79 Å². The van der Waals surface area contributed by atoms with E-state index in [4.69, 9.17) is 28.9 Å². The third kappa shape index (κ3) is 2.98. The Hall–Kier alpha value is -1.91. The maximum Gasteiger partial charge on any atom is 0.337 e. The molecule has 2 rings (SSSR count). The van der Waals surface area contributed by atoms with Gasteiger partial charge < -0.3 is 15.8 Å². The highest BCUT2D eigenvalue weighted by Gasteiger charge is 2.10. The molecular formula is C14H12Cl2N2O2. The van der Waals surface area contributed by atoms with Crippen LogP contribution in [-0.4, -0.2) is 13.1 Å². The van der Waals surface area contributed by atoms with E-state index in [0.29, 0.717) is 32.7 Å². The maximum absolute atomic E-state index is 11.5. The Morgan fingerprint density at radius 2 is 1.95 bits per heavy atom. The normalized spacial score (nSPS) is 10.2. The monoisotopic (exact) mass is 310 g/mol. The smallest absolute Gasteiger partial charge is 0.337 e. The quantitative estimate of drug-likeness (QED) is 0.661. The van der Waals surface area contributed by atoms with E-state index in [1.54, 1.807) is 36.4 Å². The van der Waals surface area contributed by atoms with Crippen LogP contribution in [0.25, 0.3) is 0 Å². The van der Waals surface area contributed by atoms with Crippen LogP contribution in [0.1, 0.15) is 10.4 Å². The molecule has 0 atom stereocenters. The average molecular weight is 311 g/mol. The van der Waals surface area contributed by atoms with Crippen LogP contribution in [0, 0.1) is 0 Å². The van der Waals surface area contributed by atoms with E-state index in [0.717, 1.165) is 0 Å². The number of halogens is 2. The van der Waals surface area contributed by atoms with Crippen molar-refractivity contribution in [2.75, 3.05) is 18.2 Å². The summed E-state index contributed by atoms with van der Waals surface area (Å²) in [5.41, 5.74) is 7.91. The molecule has 0 radical (unpaired) electrons. The number of nitrogens with one attached hydrogen (secondary N) is 1. The lowest BCUT2D eigenvalue weighted by Crippen LogP contribution is -2.04. The predicted octanol–water partition coefficient (Wildman–Crippen LogP) is 4.11. The number of benzene rings is 2. The van der Waals surface area contributed by atoms with Crippen LogP contribution in [0.3, 0.4) is 0 Å². The Kier molecular flexibility index (Phi) is 4.37. The zero-order chi connectivity index (χ0) is 14.7. The summed E-state index contributed by atoms with van der Waals surface area (Å²) < 4.78 is 4.67. The molecule has 0 bridgehead atoms. The molecule has 0 spiro atoms. The molecule has 0 aliphatic carbocycles. The summed E-state index contributed by atoms with van der Waals surface area (Å²) in [4.78, 5) is 11.5. The molecule has 0 aromatic heterocycles. The highest BCUT2D eigenvalue weighted by molar-refractivity contribution is 6.43. The van der Waals surface area contributed by atoms with Crippen molar-refractivity contribution in [1.82, 2.24) is 0 Å². The van der Waals surface area contributed by atoms with Gasteiger partial charge in [0.25, 0.3) is 0 Å². The number of hydrogen-bond acceptors (Lipinski definition) is 4. The lowest BCUT2D eigenvalue weighted by Gasteiger charge is -2.12. The van der Waals surface area contributed by atoms with Crippen LogP contribution >= 0.6 is 23.2 Å². The number of nitrogens with two attached hydrogens (primary N) is 1. The zero-order valence-corrected chi connectivity index (χ0v) is 12.1. The summed E-state index contributed by atoms with van der Waals surface area (Å²) >= 11 is 12.0. The number of rotatable bonds is 3. The lowest BCUT2D eigenvalue weighted by atomic mass is 10.1. The van der Waals surface area contributed by atoms with Crippen LogP contribution in [0.15, 0.2) is 36.4 Å². The largest absolute Gasteiger partial charge is 0.465 e. The molecule has 20 heavy (non-hydrogen) atoms. The summed E-state index contributed by atoms with van der Waals surface area (Å²) in [7, 11) is 1.32. The molecule has 0 fully saturated rings. The lowest BCUT2D eigenvalue weighted by molar-refractivity contribution is 0.0601. The first-order valence-corrected chi connectivity index (χ1v) is 6.47. The van der Waals surface area contributed by atoms with Crippen molar-refractivity contribution >= 4 is 46.2 Å². The summed E-state index contributed by atoms with van der Waals surface area (Å²) in [6.45, 7) is 0. The topological polar surface area (TPSA) is 64.3 Å². The van der Waals surface area contributed by atoms with E-state index in [9.17, 15) is 4.79 Å². The van der Waals surface area contributed by atoms with Gasteiger partial charge in [0.05, 0.1) is 39.8 Å². The van der Waals surface area contributed by atoms with Gasteiger partial charge >= 0.3 is 5.97 Å². The zero-order valence-electron chi connectivity index (χ0n) is 10.6. The summed E-state index contributed by atoms with van der Waals surface area (Å²) in [6.07, 6.45) is 0. The number of carbonyl (C=O) groups excluding carboxylic acids is 1. The molecule has 104 valence electrons. The number of nitrogen functional groups attached to an aromatic ring is 1. The van der Waals surface area contributed by atoms with Crippen LogP contribution in [0.5, 0.6) is 0 Å². The van der Waals surface area contributed by atoms with E-state index >= 15 is 0 Å². The van der Waals surface area contributed by atoms with Crippen LogP contribution in [0.4, 0.5) is 17.1 Å². The van der Waals surface area contributed by atoms with Crippen molar-refractivity contribution in [1.29, 1.82) is 0 Å². The summed E-state index contributed by atoms with van der Waals surface area (Å²) in [6, 6.07) is 10.0. The fraction of sp³-hybridized carbons (Fsp3) is 0.0714. The molecule has 0 saturated carbocycles. The molecule has 0 heterocycles. The Bertz CT molecular complexity index is 660. The fourth-order valence-electron chi connectivity index (χ4n) is 1.65. The Morgan fingerprint density at radius 3 is 2.65 bits per heavy atom. The highest BCUT2D eigenvalue weighted by Crippen LogP contribution is 2.33. The van der Waals surface area contributed by atoms with Crippen molar-refractivity contribution in [2.24, 2.45) is 0 Å². The Morgan fingerprint density at radius 1 is 1.20 bits per heavy atom. The summed E-state index contributed by atoms with van der Waals surface area (Å²) in [5, 5.41) is 3.87. The average Bonchev–Trinajstić information content (AvgIpc) is 2.45. The number of anilines is 3. The minimum absolute atomic E-state index is 0.386. The standard InChI is InChI=1S/C14H12Cl2N2O2/c1-20-14(19)8-5-6-10(17)12(7-8)18-11-4-2-3-9(15)13(11)16/h2-7,18H,17H2,1H3. The third-order valence-electron chi connectivity index (χ3n) is 2.70. The molecule has 2 aromatic rings. The van der Waals surface area contributed by atoms with E-state index < -0.39 is 5.97 Å². The second-order valence-electron chi connectivity index (χ2n) is 4.02. The fourth-order valence-corrected chi connectivity index (χ4v) is 2.00. The number of ether oxygens (including phenoxy) is 1. The Labute approximate surface area is 126 Å². The van der Waals surface area contributed by atoms with Crippen molar-refractivity contribution in [3.05, 3.63) is 52.0 Å². The minimum atomic E-state index is -0.440. The molecule has 0 unspecified atom stereocenters. The van der Waals surface area contributed by atoms with E-state index in [2.05, 4.69) is 10.1 Å². The molecule has 0 amide bonds. The second-order valence-corrected chi connectivity index (χ2v) is 4.81. The van der Waals surface area contributed by atoms with Gasteiger partial charge in [-0.15, -0.1) is 0 Å². The van der Waals surface area contributed by atoms with Gasteiger partial charge in [0.1, 0.15) is 0 Å². The maximum atomic E-state index is 11.5. The highest BCUT2D eigenvalue weighted by atomic mass is 35.5. The van der Waals surface area contributed by atoms with Gasteiger partial charge in [0.15, 0.2) is 0 Å². The molecule has 6 heteroatoms. The van der Waals surface area contributed by atoms with Crippen molar-refractivity contribution in [3.8, 4) is 0 Å². The van der Waals surface area contributed by atoms with Crippen molar-refractivity contribution in [3.63, 3.8) is 0 Å². The van der Waals surface area contributed by atoms with E-state index in [1.807, 2.05) is 0 Å². The number of methoxy groups -OCH3 is 1. The van der Waals surface area contributed by atoms with Crippen LogP contribution < -0.4 is 11.1 Å². The SMILES string of the molecule is COC(=O)c1ccc(N)c(Nc2cccc(Cl)c2Cl)c1. The number of carbonyl (C=O) groups is 1. The van der Waals surface area contributed by atoms with Crippen molar-refractivity contribution < 1.29 is 9.53 Å². The summed E-state index contributed by atoms with van der Waals surface area (Å²) in [5.74, 6) is -0.440. The van der Waals surface area contributed by atoms with Gasteiger partial charge in [-0.1, -0.05) is 29.3 Å². The predicted molar refractivity (Wildman–Crippen MR) is 81.9 cm³/mol. The molecule has 0 aliphatic rings. The van der Waals surface area contributed by atoms with E-state index in [1.165, 1.54) is 7.11 Å². The van der Waals surface area contributed by atoms with E-state index in [-0.39, 0.29) is 0 Å². The first-order valence-electron chi connectivity index (χ1n) is 5.72. The first-order chi connectivity index (χ1) is 9.52. The van der Waals surface area contributed by atoms with Crippen molar-refractivity contribution in [2.45, 2.75) is 0 Å². The first kappa shape index (κ1) is 14.5. The number of hydrogen-bond donors (Lipinski definition) is 2. The molecule has 0 aliphatic heterocycles. The molecular weight excluding hydrogens is 299 g/mol. The third-order valence-corrected chi connectivity index (χ3v) is 3.51. The second kappa shape index (κ2) is 6.03. The van der Waals surface area contributed by atoms with Gasteiger partial charge in [0.2, 0.25) is 0 Å². The molecule has 0 saturated heterocycles. The minimum Gasteiger partial charge on any atom is -0.465 e. The van der Waals surface area contributed by atoms with Gasteiger partial charge in [0, 0.05) is 0 Å². The molecule has 4 nitrogen and oxygen atoms in total. The molecule has 2 aromatic carbocycles. The number of esters is 1. The van der Waals surface area contributed by atoms with Gasteiger partial charge in [-0.3, -0.25) is 0 Å². The molecule has 3 N–H and O–H groups in total. The van der Waals surface area contributed by atoms with Crippen LogP contribution in [-0.2, 0) is 4.74 Å². The van der Waals surface area contributed by atoms with Crippen LogP contribution in [0.2, 0.25) is 10.0 Å². The Balaban J connectivity index is 2.38. The van der Waals surface area contributed by atoms with Gasteiger partial charge in [-0.2, -0.15) is 0 Å². The van der Waals surface area contributed by atoms with Gasteiger partial charge in [-0.05, 0) is 30.3 Å².